The summed E-state index contributed by atoms with van der Waals surface area (Å²) in [4.78, 5) is 29.9. The molecule has 3 aromatic rings. The van der Waals surface area contributed by atoms with E-state index in [4.69, 9.17) is 0 Å². The Balaban J connectivity index is 1.67. The number of carbonyl (C=O) groups is 2. The second-order valence-corrected chi connectivity index (χ2v) is 9.60. The van der Waals surface area contributed by atoms with Crippen LogP contribution in [0.3, 0.4) is 0 Å². The number of hydrogen-bond acceptors (Lipinski definition) is 6. The third-order valence-corrected chi connectivity index (χ3v) is 7.30. The third-order valence-electron chi connectivity index (χ3n) is 6.04. The fourth-order valence-corrected chi connectivity index (χ4v) is 4.90. The SMILES string of the molecule is CCc1sc(-c2ccc(C(F)(F)F)cc2)nc1C(C)C(=O)CNc1ccc(CCC(=O)OC)c(C)c1. The van der Waals surface area contributed by atoms with Gasteiger partial charge in [-0.3, -0.25) is 9.59 Å². The first-order chi connectivity index (χ1) is 17.0. The molecule has 1 unspecified atom stereocenters. The number of halogens is 3. The average molecular weight is 519 g/mol. The number of hydrogen-bond donors (Lipinski definition) is 1. The minimum absolute atomic E-state index is 0.0404. The molecule has 0 aliphatic rings. The fourth-order valence-electron chi connectivity index (χ4n) is 3.80. The summed E-state index contributed by atoms with van der Waals surface area (Å²) >= 11 is 1.40. The van der Waals surface area contributed by atoms with E-state index in [2.05, 4.69) is 15.0 Å². The van der Waals surface area contributed by atoms with Crippen molar-refractivity contribution < 1.29 is 27.5 Å². The second-order valence-electron chi connectivity index (χ2n) is 8.52. The van der Waals surface area contributed by atoms with Crippen molar-refractivity contribution in [3.8, 4) is 10.6 Å². The summed E-state index contributed by atoms with van der Waals surface area (Å²) in [6.45, 7) is 5.83. The van der Waals surface area contributed by atoms with E-state index in [0.717, 1.165) is 33.8 Å². The fraction of sp³-hybridized carbons (Fsp3) is 0.370. The Bertz CT molecular complexity index is 1220. The van der Waals surface area contributed by atoms with Gasteiger partial charge in [0.2, 0.25) is 0 Å². The highest BCUT2D eigenvalue weighted by Crippen LogP contribution is 2.35. The highest BCUT2D eigenvalue weighted by Gasteiger charge is 2.30. The summed E-state index contributed by atoms with van der Waals surface area (Å²) in [7, 11) is 1.37. The maximum absolute atomic E-state index is 13.0. The highest BCUT2D eigenvalue weighted by atomic mass is 32.1. The van der Waals surface area contributed by atoms with Crippen molar-refractivity contribution in [2.24, 2.45) is 0 Å². The Morgan fingerprint density at radius 1 is 1.14 bits per heavy atom. The molecule has 0 radical (unpaired) electrons. The molecule has 0 saturated carbocycles. The number of thiazole rings is 1. The summed E-state index contributed by atoms with van der Waals surface area (Å²) in [5, 5.41) is 3.76. The molecule has 9 heteroatoms. The minimum Gasteiger partial charge on any atom is -0.469 e. The van der Waals surface area contributed by atoms with Crippen molar-refractivity contribution in [3.63, 3.8) is 0 Å². The van der Waals surface area contributed by atoms with Crippen LogP contribution in [-0.4, -0.2) is 30.4 Å². The first-order valence-electron chi connectivity index (χ1n) is 11.6. The van der Waals surface area contributed by atoms with E-state index < -0.39 is 17.7 Å². The standard InChI is InChI=1S/C27H29F3N2O3S/c1-5-23-25(32-26(36-23)19-6-10-20(11-7-19)27(28,29)30)17(3)22(33)15-31-21-12-8-18(16(2)14-21)9-13-24(34)35-4/h6-8,10-12,14,17,31H,5,9,13,15H2,1-4H3. The average Bonchev–Trinajstić information content (AvgIpc) is 3.30. The topological polar surface area (TPSA) is 68.3 Å². The van der Waals surface area contributed by atoms with Gasteiger partial charge in [0.15, 0.2) is 5.78 Å². The Morgan fingerprint density at radius 3 is 2.42 bits per heavy atom. The molecule has 2 aromatic carbocycles. The van der Waals surface area contributed by atoms with E-state index in [-0.39, 0.29) is 18.3 Å². The van der Waals surface area contributed by atoms with Gasteiger partial charge in [0.05, 0.1) is 30.8 Å². The molecular weight excluding hydrogens is 489 g/mol. The third kappa shape index (κ3) is 6.72. The zero-order valence-corrected chi connectivity index (χ0v) is 21.5. The zero-order chi connectivity index (χ0) is 26.5. The van der Waals surface area contributed by atoms with E-state index >= 15 is 0 Å². The van der Waals surface area contributed by atoms with Crippen LogP contribution in [0.25, 0.3) is 10.6 Å². The van der Waals surface area contributed by atoms with Crippen LogP contribution in [0.15, 0.2) is 42.5 Å². The predicted octanol–water partition coefficient (Wildman–Crippen LogP) is 6.59. The molecule has 1 aromatic heterocycles. The van der Waals surface area contributed by atoms with Gasteiger partial charge in [-0.1, -0.05) is 25.1 Å². The van der Waals surface area contributed by atoms with Crippen LogP contribution in [0.4, 0.5) is 18.9 Å². The van der Waals surface area contributed by atoms with E-state index in [0.29, 0.717) is 35.5 Å². The molecule has 3 rings (SSSR count). The Morgan fingerprint density at radius 2 is 1.83 bits per heavy atom. The number of rotatable bonds is 10. The van der Waals surface area contributed by atoms with Gasteiger partial charge in [0.1, 0.15) is 5.01 Å². The van der Waals surface area contributed by atoms with Crippen LogP contribution in [0, 0.1) is 6.92 Å². The summed E-state index contributed by atoms with van der Waals surface area (Å²) in [5.74, 6) is -0.764. The van der Waals surface area contributed by atoms with Gasteiger partial charge in [-0.15, -0.1) is 11.3 Å². The van der Waals surface area contributed by atoms with Crippen molar-refractivity contribution in [1.29, 1.82) is 0 Å². The molecule has 0 aliphatic carbocycles. The number of benzene rings is 2. The number of alkyl halides is 3. The van der Waals surface area contributed by atoms with Gasteiger partial charge in [0, 0.05) is 22.5 Å². The van der Waals surface area contributed by atoms with Crippen LogP contribution in [-0.2, 0) is 33.3 Å². The minimum atomic E-state index is -4.39. The molecule has 0 amide bonds. The van der Waals surface area contributed by atoms with Crippen molar-refractivity contribution >= 4 is 28.8 Å². The number of nitrogens with zero attached hydrogens (tertiary/aromatic N) is 1. The molecular formula is C27H29F3N2O3S. The Kier molecular flexibility index (Phi) is 8.89. The number of nitrogens with one attached hydrogen (secondary N) is 1. The molecule has 1 atom stereocenters. The predicted molar refractivity (Wildman–Crippen MR) is 135 cm³/mol. The number of aromatic nitrogens is 1. The quantitative estimate of drug-likeness (QED) is 0.307. The lowest BCUT2D eigenvalue weighted by Crippen LogP contribution is -2.20. The van der Waals surface area contributed by atoms with E-state index in [1.807, 2.05) is 32.0 Å². The number of ether oxygens (including phenoxy) is 1. The van der Waals surface area contributed by atoms with Gasteiger partial charge in [-0.2, -0.15) is 13.2 Å². The highest BCUT2D eigenvalue weighted by molar-refractivity contribution is 7.15. The summed E-state index contributed by atoms with van der Waals surface area (Å²) in [6.07, 6.45) is -2.83. The number of anilines is 1. The van der Waals surface area contributed by atoms with Crippen LogP contribution in [0.1, 0.15) is 53.4 Å². The van der Waals surface area contributed by atoms with E-state index in [1.54, 1.807) is 6.92 Å². The number of carbonyl (C=O) groups excluding carboxylic acids is 2. The van der Waals surface area contributed by atoms with Crippen molar-refractivity contribution in [2.45, 2.75) is 52.1 Å². The van der Waals surface area contributed by atoms with Crippen LogP contribution < -0.4 is 5.32 Å². The summed E-state index contributed by atoms with van der Waals surface area (Å²) < 4.78 is 43.3. The molecule has 192 valence electrons. The Hall–Kier alpha value is -3.20. The monoisotopic (exact) mass is 518 g/mol. The molecule has 0 spiro atoms. The van der Waals surface area contributed by atoms with Crippen LogP contribution in [0.5, 0.6) is 0 Å². The van der Waals surface area contributed by atoms with Crippen molar-refractivity contribution in [3.05, 3.63) is 69.7 Å². The van der Waals surface area contributed by atoms with Gasteiger partial charge < -0.3 is 10.1 Å². The molecule has 36 heavy (non-hydrogen) atoms. The van der Waals surface area contributed by atoms with E-state index in [1.165, 1.54) is 30.6 Å². The van der Waals surface area contributed by atoms with Crippen molar-refractivity contribution in [2.75, 3.05) is 19.0 Å². The number of Topliss-reactive ketones (excluding diaryl/α,β-unsaturated/α-hetero) is 1. The summed E-state index contributed by atoms with van der Waals surface area (Å²) in [5.41, 5.74) is 3.40. The van der Waals surface area contributed by atoms with E-state index in [9.17, 15) is 22.8 Å². The number of esters is 1. The number of ketones is 1. The molecule has 0 fully saturated rings. The van der Waals surface area contributed by atoms with Crippen LogP contribution >= 0.6 is 11.3 Å². The normalized spacial score (nSPS) is 12.3. The summed E-state index contributed by atoms with van der Waals surface area (Å²) in [6, 6.07) is 10.7. The largest absolute Gasteiger partial charge is 0.469 e. The smallest absolute Gasteiger partial charge is 0.416 e. The zero-order valence-electron chi connectivity index (χ0n) is 20.7. The van der Waals surface area contributed by atoms with Gasteiger partial charge in [-0.25, -0.2) is 4.98 Å². The number of aryl methyl sites for hydroxylation is 3. The lowest BCUT2D eigenvalue weighted by Gasteiger charge is -2.13. The first-order valence-corrected chi connectivity index (χ1v) is 12.4. The molecule has 5 nitrogen and oxygen atoms in total. The van der Waals surface area contributed by atoms with Crippen LogP contribution in [0.2, 0.25) is 0 Å². The number of methoxy groups -OCH3 is 1. The van der Waals surface area contributed by atoms with Gasteiger partial charge in [-0.05, 0) is 62.1 Å². The molecule has 0 bridgehead atoms. The lowest BCUT2D eigenvalue weighted by atomic mass is 10.00. The van der Waals surface area contributed by atoms with Gasteiger partial charge in [0.25, 0.3) is 0 Å². The Labute approximate surface area is 212 Å². The molecule has 0 saturated heterocycles. The van der Waals surface area contributed by atoms with Crippen molar-refractivity contribution in [1.82, 2.24) is 4.98 Å². The molecule has 0 aliphatic heterocycles. The van der Waals surface area contributed by atoms with Gasteiger partial charge >= 0.3 is 12.1 Å². The lowest BCUT2D eigenvalue weighted by molar-refractivity contribution is -0.140. The maximum Gasteiger partial charge on any atom is 0.416 e. The maximum atomic E-state index is 13.0. The first kappa shape index (κ1) is 27.4. The second kappa shape index (κ2) is 11.7. The molecule has 1 heterocycles. The molecule has 1 N–H and O–H groups in total.